The molecule has 0 amide bonds. The average molecular weight is 320 g/mol. The van der Waals surface area contributed by atoms with Crippen LogP contribution in [0.5, 0.6) is 0 Å². The summed E-state index contributed by atoms with van der Waals surface area (Å²) in [6.45, 7) is 0. The molecule has 2 heterocycles. The van der Waals surface area contributed by atoms with Gasteiger partial charge in [-0.15, -0.1) is 0 Å². The van der Waals surface area contributed by atoms with Gasteiger partial charge in [0, 0.05) is 33.3 Å². The zero-order valence-electron chi connectivity index (χ0n) is 10.9. The van der Waals surface area contributed by atoms with Gasteiger partial charge in [0.2, 0.25) is 0 Å². The SMILES string of the molecule is O=C(c1c(F)c(F)cc(F)c1F)C1CC2CCC(C1)S2=O. The van der Waals surface area contributed by atoms with Gasteiger partial charge in [-0.2, -0.15) is 0 Å². The van der Waals surface area contributed by atoms with E-state index in [2.05, 4.69) is 0 Å². The quantitative estimate of drug-likeness (QED) is 0.477. The molecule has 1 aromatic carbocycles. The molecule has 114 valence electrons. The molecule has 0 spiro atoms. The van der Waals surface area contributed by atoms with E-state index in [9.17, 15) is 26.6 Å². The first kappa shape index (κ1) is 14.7. The van der Waals surface area contributed by atoms with Gasteiger partial charge < -0.3 is 0 Å². The highest BCUT2D eigenvalue weighted by Crippen LogP contribution is 2.40. The number of hydrogen-bond donors (Lipinski definition) is 0. The molecule has 21 heavy (non-hydrogen) atoms. The molecule has 0 radical (unpaired) electrons. The standard InChI is InChI=1S/C14H12F4O2S/c15-9-5-10(16)13(18)11(12(9)17)14(19)6-3-7-1-2-8(4-6)21(7)20/h5-8H,1-4H2. The van der Waals surface area contributed by atoms with Crippen LogP contribution in [0.2, 0.25) is 0 Å². The van der Waals surface area contributed by atoms with Gasteiger partial charge in [0.1, 0.15) is 0 Å². The zero-order chi connectivity index (χ0) is 15.3. The van der Waals surface area contributed by atoms with E-state index in [1.807, 2.05) is 0 Å². The Labute approximate surface area is 121 Å². The second-order valence-corrected chi connectivity index (χ2v) is 7.52. The lowest BCUT2D eigenvalue weighted by atomic mass is 9.89. The van der Waals surface area contributed by atoms with E-state index < -0.39 is 51.3 Å². The molecule has 2 unspecified atom stereocenters. The van der Waals surface area contributed by atoms with Crippen LogP contribution in [0.25, 0.3) is 0 Å². The minimum Gasteiger partial charge on any atom is -0.294 e. The first-order valence-electron chi connectivity index (χ1n) is 6.66. The molecule has 0 N–H and O–H groups in total. The Morgan fingerprint density at radius 1 is 1.00 bits per heavy atom. The number of carbonyl (C=O) groups excluding carboxylic acids is 1. The predicted molar refractivity (Wildman–Crippen MR) is 68.3 cm³/mol. The molecule has 7 heteroatoms. The Kier molecular flexibility index (Phi) is 3.63. The van der Waals surface area contributed by atoms with Gasteiger partial charge in [0.05, 0.1) is 5.56 Å². The molecule has 2 aliphatic rings. The van der Waals surface area contributed by atoms with E-state index in [-0.39, 0.29) is 29.4 Å². The normalized spacial score (nSPS) is 31.4. The zero-order valence-corrected chi connectivity index (χ0v) is 11.7. The number of hydrogen-bond acceptors (Lipinski definition) is 2. The van der Waals surface area contributed by atoms with Crippen LogP contribution in [-0.4, -0.2) is 20.5 Å². The van der Waals surface area contributed by atoms with E-state index >= 15 is 0 Å². The molecule has 2 bridgehead atoms. The van der Waals surface area contributed by atoms with Crippen LogP contribution >= 0.6 is 0 Å². The van der Waals surface area contributed by atoms with Crippen molar-refractivity contribution in [3.8, 4) is 0 Å². The maximum atomic E-state index is 13.7. The summed E-state index contributed by atoms with van der Waals surface area (Å²) in [6, 6.07) is 0.0844. The molecule has 0 aliphatic carbocycles. The van der Waals surface area contributed by atoms with Crippen molar-refractivity contribution in [2.45, 2.75) is 36.2 Å². The lowest BCUT2D eigenvalue weighted by Crippen LogP contribution is -2.33. The van der Waals surface area contributed by atoms with Gasteiger partial charge in [-0.1, -0.05) is 0 Å². The number of Topliss-reactive ketones (excluding diaryl/α,β-unsaturated/α-hetero) is 1. The number of halogens is 4. The van der Waals surface area contributed by atoms with E-state index in [0.717, 1.165) is 0 Å². The number of benzene rings is 1. The van der Waals surface area contributed by atoms with E-state index in [1.165, 1.54) is 0 Å². The maximum Gasteiger partial charge on any atom is 0.172 e. The Morgan fingerprint density at radius 2 is 1.48 bits per heavy atom. The van der Waals surface area contributed by atoms with Crippen LogP contribution in [-0.2, 0) is 10.8 Å². The first-order chi connectivity index (χ1) is 9.90. The molecule has 0 aromatic heterocycles. The fraction of sp³-hybridized carbons (Fsp3) is 0.500. The van der Waals surface area contributed by atoms with Crippen molar-refractivity contribution in [2.75, 3.05) is 0 Å². The summed E-state index contributed by atoms with van der Waals surface area (Å²) in [7, 11) is -1.02. The minimum absolute atomic E-state index is 0.0844. The number of carbonyl (C=O) groups is 1. The third-order valence-corrected chi connectivity index (χ3v) is 6.46. The Hall–Kier alpha value is -1.24. The van der Waals surface area contributed by atoms with Crippen LogP contribution in [0.15, 0.2) is 6.07 Å². The molecule has 2 nitrogen and oxygen atoms in total. The minimum atomic E-state index is -1.65. The van der Waals surface area contributed by atoms with Gasteiger partial charge in [-0.25, -0.2) is 17.6 Å². The molecular formula is C14H12F4O2S. The first-order valence-corrected chi connectivity index (χ1v) is 7.94. The van der Waals surface area contributed by atoms with Crippen molar-refractivity contribution in [3.63, 3.8) is 0 Å². The summed E-state index contributed by atoms with van der Waals surface area (Å²) in [5, 5.41) is -0.329. The molecular weight excluding hydrogens is 308 g/mol. The van der Waals surface area contributed by atoms with Crippen molar-refractivity contribution < 1.29 is 26.6 Å². The van der Waals surface area contributed by atoms with Gasteiger partial charge in [-0.05, 0) is 25.7 Å². The van der Waals surface area contributed by atoms with Crippen molar-refractivity contribution in [2.24, 2.45) is 5.92 Å². The number of rotatable bonds is 2. The second kappa shape index (κ2) is 5.19. The lowest BCUT2D eigenvalue weighted by Gasteiger charge is -2.26. The van der Waals surface area contributed by atoms with Crippen LogP contribution in [0.1, 0.15) is 36.0 Å². The smallest absolute Gasteiger partial charge is 0.172 e. The van der Waals surface area contributed by atoms with E-state index in [1.54, 1.807) is 0 Å². The molecule has 1 aromatic rings. The van der Waals surface area contributed by atoms with Gasteiger partial charge >= 0.3 is 0 Å². The van der Waals surface area contributed by atoms with E-state index in [4.69, 9.17) is 0 Å². The summed E-state index contributed by atoms with van der Waals surface area (Å²) in [5.41, 5.74) is -1.15. The van der Waals surface area contributed by atoms with Crippen LogP contribution in [0.3, 0.4) is 0 Å². The topological polar surface area (TPSA) is 34.1 Å². The molecule has 2 atom stereocenters. The van der Waals surface area contributed by atoms with Crippen molar-refractivity contribution in [1.82, 2.24) is 0 Å². The molecule has 0 saturated carbocycles. The Balaban J connectivity index is 1.95. The summed E-state index contributed by atoms with van der Waals surface area (Å²) in [4.78, 5) is 12.3. The Bertz CT molecular complexity index is 604. The summed E-state index contributed by atoms with van der Waals surface area (Å²) in [6.07, 6.45) is 1.92. The van der Waals surface area contributed by atoms with E-state index in [0.29, 0.717) is 12.8 Å². The fourth-order valence-electron chi connectivity index (χ4n) is 3.24. The largest absolute Gasteiger partial charge is 0.294 e. The maximum absolute atomic E-state index is 13.7. The lowest BCUT2D eigenvalue weighted by molar-refractivity contribution is 0.0894. The third-order valence-electron chi connectivity index (χ3n) is 4.29. The highest BCUT2D eigenvalue weighted by molar-refractivity contribution is 7.86. The Morgan fingerprint density at radius 3 is 1.95 bits per heavy atom. The van der Waals surface area contributed by atoms with Crippen LogP contribution < -0.4 is 0 Å². The summed E-state index contributed by atoms with van der Waals surface area (Å²) in [5.74, 6) is -8.14. The summed E-state index contributed by atoms with van der Waals surface area (Å²) < 4.78 is 65.6. The highest BCUT2D eigenvalue weighted by atomic mass is 32.2. The highest BCUT2D eigenvalue weighted by Gasteiger charge is 2.44. The second-order valence-electron chi connectivity index (χ2n) is 5.53. The number of fused-ring (bicyclic) bond motifs is 2. The van der Waals surface area contributed by atoms with Crippen LogP contribution in [0, 0.1) is 29.2 Å². The van der Waals surface area contributed by atoms with Crippen molar-refractivity contribution >= 4 is 16.6 Å². The van der Waals surface area contributed by atoms with Gasteiger partial charge in [0.25, 0.3) is 0 Å². The van der Waals surface area contributed by atoms with Gasteiger partial charge in [0.15, 0.2) is 29.1 Å². The number of ketones is 1. The molecule has 2 saturated heterocycles. The molecule has 3 rings (SSSR count). The molecule has 2 aliphatic heterocycles. The van der Waals surface area contributed by atoms with Crippen molar-refractivity contribution in [1.29, 1.82) is 0 Å². The summed E-state index contributed by atoms with van der Waals surface area (Å²) >= 11 is 0. The van der Waals surface area contributed by atoms with Crippen molar-refractivity contribution in [3.05, 3.63) is 34.9 Å². The third kappa shape index (κ3) is 2.31. The molecule has 2 fully saturated rings. The van der Waals surface area contributed by atoms with Crippen LogP contribution in [0.4, 0.5) is 17.6 Å². The van der Waals surface area contributed by atoms with Gasteiger partial charge in [-0.3, -0.25) is 9.00 Å². The average Bonchev–Trinajstić information content (AvgIpc) is 2.66. The predicted octanol–water partition coefficient (Wildman–Crippen LogP) is 3.12. The fourth-order valence-corrected chi connectivity index (χ4v) is 5.37. The monoisotopic (exact) mass is 320 g/mol.